The van der Waals surface area contributed by atoms with E-state index in [2.05, 4.69) is 0 Å². The van der Waals surface area contributed by atoms with Crippen LogP contribution in [0.5, 0.6) is 17.2 Å². The minimum Gasteiger partial charge on any atom is -0.508 e. The maximum absolute atomic E-state index is 10.3. The molecular weight excluding hydrogens is 352 g/mol. The van der Waals surface area contributed by atoms with Crippen molar-refractivity contribution in [3.05, 3.63) is 53.6 Å². The Balaban J connectivity index is 1.89. The molecule has 0 unspecified atom stereocenters. The van der Waals surface area contributed by atoms with Crippen molar-refractivity contribution in [1.29, 1.82) is 0 Å². The van der Waals surface area contributed by atoms with Gasteiger partial charge in [0.15, 0.2) is 11.5 Å². The molecular formula is C20H26O7. The van der Waals surface area contributed by atoms with Gasteiger partial charge in [-0.25, -0.2) is 0 Å². The van der Waals surface area contributed by atoms with Gasteiger partial charge in [-0.2, -0.15) is 0 Å². The van der Waals surface area contributed by atoms with Crippen LogP contribution in [0, 0.1) is 0 Å². The number of aliphatic hydroxyl groups is 4. The van der Waals surface area contributed by atoms with Crippen LogP contribution in [0.3, 0.4) is 0 Å². The molecule has 4 atom stereocenters. The normalized spacial score (nSPS) is 15.7. The molecule has 0 saturated heterocycles. The predicted octanol–water partition coefficient (Wildman–Crippen LogP) is 1.25. The Morgan fingerprint density at radius 1 is 0.926 bits per heavy atom. The zero-order chi connectivity index (χ0) is 20.0. The first-order chi connectivity index (χ1) is 12.8. The average Bonchev–Trinajstić information content (AvgIpc) is 2.66. The molecule has 6 N–H and O–H groups in total. The minimum absolute atomic E-state index is 0.104. The van der Waals surface area contributed by atoms with Crippen LogP contribution in [0.2, 0.25) is 0 Å². The molecule has 0 heterocycles. The van der Waals surface area contributed by atoms with Gasteiger partial charge in [-0.1, -0.05) is 18.2 Å². The average molecular weight is 378 g/mol. The van der Waals surface area contributed by atoms with E-state index in [1.54, 1.807) is 24.3 Å². The Bertz CT molecular complexity index is 717. The summed E-state index contributed by atoms with van der Waals surface area (Å²) < 4.78 is 4.96. The molecule has 7 nitrogen and oxygen atoms in total. The molecule has 2 rings (SSSR count). The minimum atomic E-state index is -1.51. The van der Waals surface area contributed by atoms with Gasteiger partial charge in [-0.15, -0.1) is 0 Å². The Morgan fingerprint density at radius 3 is 2.22 bits per heavy atom. The number of hydrogen-bond acceptors (Lipinski definition) is 7. The smallest absolute Gasteiger partial charge is 0.160 e. The van der Waals surface area contributed by atoms with Crippen molar-refractivity contribution < 1.29 is 35.4 Å². The summed E-state index contributed by atoms with van der Waals surface area (Å²) in [4.78, 5) is 0. The van der Waals surface area contributed by atoms with E-state index in [1.165, 1.54) is 25.3 Å². The quantitative estimate of drug-likeness (QED) is 0.387. The third-order valence-corrected chi connectivity index (χ3v) is 4.48. The molecule has 0 bridgehead atoms. The Labute approximate surface area is 157 Å². The van der Waals surface area contributed by atoms with Crippen molar-refractivity contribution in [3.63, 3.8) is 0 Å². The second-order valence-electron chi connectivity index (χ2n) is 6.53. The van der Waals surface area contributed by atoms with Gasteiger partial charge in [-0.3, -0.25) is 0 Å². The third-order valence-electron chi connectivity index (χ3n) is 4.48. The van der Waals surface area contributed by atoms with Gasteiger partial charge in [0.05, 0.1) is 19.3 Å². The number of aromatic hydroxyl groups is 2. The van der Waals surface area contributed by atoms with Gasteiger partial charge in [0, 0.05) is 6.42 Å². The number of phenols is 2. The van der Waals surface area contributed by atoms with Crippen LogP contribution in [0.1, 0.15) is 30.1 Å². The number of ether oxygens (including phenoxy) is 1. The molecule has 0 aliphatic carbocycles. The second-order valence-corrected chi connectivity index (χ2v) is 6.53. The fourth-order valence-electron chi connectivity index (χ4n) is 2.82. The van der Waals surface area contributed by atoms with E-state index in [1.807, 2.05) is 0 Å². The summed E-state index contributed by atoms with van der Waals surface area (Å²) in [6.07, 6.45) is -4.33. The van der Waals surface area contributed by atoms with E-state index in [0.29, 0.717) is 12.8 Å². The largest absolute Gasteiger partial charge is 0.508 e. The van der Waals surface area contributed by atoms with Crippen LogP contribution in [0.15, 0.2) is 42.5 Å². The number of rotatable bonds is 9. The number of phenolic OH excluding ortho intramolecular Hbond substituents is 2. The molecule has 0 fully saturated rings. The Morgan fingerprint density at radius 2 is 1.59 bits per heavy atom. The maximum atomic E-state index is 10.3. The molecule has 2 aromatic rings. The van der Waals surface area contributed by atoms with E-state index in [-0.39, 0.29) is 29.2 Å². The van der Waals surface area contributed by atoms with Crippen molar-refractivity contribution in [1.82, 2.24) is 0 Å². The van der Waals surface area contributed by atoms with Crippen LogP contribution in [0.4, 0.5) is 0 Å². The SMILES string of the molecule is COc1cc([C@@H](O)[C@@H](O)[C@@H](O)C[C@H](O)CCc2ccc(O)cc2)ccc1O. The molecule has 0 aliphatic rings. The first-order valence-electron chi connectivity index (χ1n) is 8.69. The maximum Gasteiger partial charge on any atom is 0.160 e. The number of aryl methyl sites for hydroxylation is 1. The van der Waals surface area contributed by atoms with Crippen LogP contribution in [-0.4, -0.2) is 56.1 Å². The van der Waals surface area contributed by atoms with E-state index in [4.69, 9.17) is 4.74 Å². The van der Waals surface area contributed by atoms with E-state index >= 15 is 0 Å². The van der Waals surface area contributed by atoms with E-state index in [9.17, 15) is 30.6 Å². The van der Waals surface area contributed by atoms with Crippen LogP contribution in [0.25, 0.3) is 0 Å². The summed E-state index contributed by atoms with van der Waals surface area (Å²) in [5, 5.41) is 59.5. The van der Waals surface area contributed by atoms with Gasteiger partial charge >= 0.3 is 0 Å². The van der Waals surface area contributed by atoms with Gasteiger partial charge < -0.3 is 35.4 Å². The molecule has 0 saturated carbocycles. The Kier molecular flexibility index (Phi) is 7.44. The van der Waals surface area contributed by atoms with Gasteiger partial charge in [0.25, 0.3) is 0 Å². The molecule has 2 aromatic carbocycles. The second kappa shape index (κ2) is 9.57. The van der Waals surface area contributed by atoms with E-state index in [0.717, 1.165) is 5.56 Å². The lowest BCUT2D eigenvalue weighted by Crippen LogP contribution is -2.35. The molecule has 27 heavy (non-hydrogen) atoms. The summed E-state index contributed by atoms with van der Waals surface area (Å²) in [5.74, 6) is 0.202. The summed E-state index contributed by atoms with van der Waals surface area (Å²) in [5.41, 5.74) is 1.20. The van der Waals surface area contributed by atoms with E-state index < -0.39 is 24.4 Å². The molecule has 0 radical (unpaired) electrons. The standard InChI is InChI=1S/C20H26O7/c1-27-18-10-13(5-9-16(18)23)19(25)20(26)17(24)11-15(22)8-4-12-2-6-14(21)7-3-12/h2-3,5-7,9-10,15,17,19-26H,4,8,11H2,1H3/t15-,17+,19-,20+/m1/s1. The molecule has 0 aromatic heterocycles. The molecule has 0 spiro atoms. The highest BCUT2D eigenvalue weighted by atomic mass is 16.5. The number of aliphatic hydroxyl groups excluding tert-OH is 4. The van der Waals surface area contributed by atoms with Gasteiger partial charge in [0.1, 0.15) is 18.0 Å². The Hall–Kier alpha value is -2.32. The molecule has 0 aliphatic heterocycles. The lowest BCUT2D eigenvalue weighted by atomic mass is 9.95. The molecule has 7 heteroatoms. The highest BCUT2D eigenvalue weighted by molar-refractivity contribution is 5.42. The van der Waals surface area contributed by atoms with Crippen LogP contribution >= 0.6 is 0 Å². The van der Waals surface area contributed by atoms with Crippen molar-refractivity contribution >= 4 is 0 Å². The fourth-order valence-corrected chi connectivity index (χ4v) is 2.82. The topological polar surface area (TPSA) is 131 Å². The molecule has 0 amide bonds. The lowest BCUT2D eigenvalue weighted by Gasteiger charge is -2.25. The van der Waals surface area contributed by atoms with Gasteiger partial charge in [0.2, 0.25) is 0 Å². The van der Waals surface area contributed by atoms with Gasteiger partial charge in [-0.05, 0) is 48.2 Å². The summed E-state index contributed by atoms with van der Waals surface area (Å²) in [7, 11) is 1.36. The summed E-state index contributed by atoms with van der Waals surface area (Å²) >= 11 is 0. The highest BCUT2D eigenvalue weighted by Crippen LogP contribution is 2.31. The van der Waals surface area contributed by atoms with Crippen molar-refractivity contribution in [3.8, 4) is 17.2 Å². The number of benzene rings is 2. The summed E-state index contributed by atoms with van der Waals surface area (Å²) in [6, 6.07) is 10.7. The predicted molar refractivity (Wildman–Crippen MR) is 98.7 cm³/mol. The van der Waals surface area contributed by atoms with Crippen LogP contribution < -0.4 is 4.74 Å². The monoisotopic (exact) mass is 378 g/mol. The summed E-state index contributed by atoms with van der Waals surface area (Å²) in [6.45, 7) is 0. The van der Waals surface area contributed by atoms with Crippen molar-refractivity contribution in [2.45, 2.75) is 43.7 Å². The first-order valence-corrected chi connectivity index (χ1v) is 8.69. The highest BCUT2D eigenvalue weighted by Gasteiger charge is 2.28. The lowest BCUT2D eigenvalue weighted by molar-refractivity contribution is -0.0755. The van der Waals surface area contributed by atoms with Crippen LogP contribution in [-0.2, 0) is 6.42 Å². The zero-order valence-corrected chi connectivity index (χ0v) is 15.1. The fraction of sp³-hybridized carbons (Fsp3) is 0.400. The number of methoxy groups -OCH3 is 1. The number of hydrogen-bond donors (Lipinski definition) is 6. The first kappa shape index (κ1) is 21.0. The molecule has 148 valence electrons. The van der Waals surface area contributed by atoms with Crippen molar-refractivity contribution in [2.24, 2.45) is 0 Å². The zero-order valence-electron chi connectivity index (χ0n) is 15.1. The third kappa shape index (κ3) is 5.83. The van der Waals surface area contributed by atoms with Crippen molar-refractivity contribution in [2.75, 3.05) is 7.11 Å².